The van der Waals surface area contributed by atoms with Crippen LogP contribution in [0.15, 0.2) is 23.1 Å². The number of hydrogen-bond acceptors (Lipinski definition) is 8. The van der Waals surface area contributed by atoms with Crippen LogP contribution in [0.25, 0.3) is 0 Å². The van der Waals surface area contributed by atoms with Crippen LogP contribution in [0.5, 0.6) is 0 Å². The molecular weight excluding hydrogens is 494 g/mol. The van der Waals surface area contributed by atoms with Gasteiger partial charge in [-0.2, -0.15) is 0 Å². The molecule has 0 aromatic heterocycles. The van der Waals surface area contributed by atoms with E-state index in [1.54, 1.807) is 11.8 Å². The topological polar surface area (TPSA) is 117 Å². The zero-order valence-electron chi connectivity index (χ0n) is 23.8. The van der Waals surface area contributed by atoms with Crippen LogP contribution in [0.4, 0.5) is 11.4 Å². The van der Waals surface area contributed by atoms with Gasteiger partial charge < -0.3 is 22.0 Å². The van der Waals surface area contributed by atoms with E-state index in [9.17, 15) is 9.90 Å². The standard InChI is InChI=1S/C30H47N5O2S/c1-25-10-9-24-29(31)11-8-20(23(36)17-35-22-7-6-19(38-5)16-21(22)33-34-35)27(29,3)13-15-30(24,32)28(25,4)14-12-26(2,37)18-25/h6-7,16,20,24,33-34,37H,8-15,17-18,31-32H2,1-5H3. The Morgan fingerprint density at radius 2 is 1.82 bits per heavy atom. The van der Waals surface area contributed by atoms with E-state index < -0.39 is 11.1 Å². The maximum absolute atomic E-state index is 14.0. The second-order valence-electron chi connectivity index (χ2n) is 14.4. The summed E-state index contributed by atoms with van der Waals surface area (Å²) < 4.78 is 0. The highest BCUT2D eigenvalue weighted by atomic mass is 32.2. The molecule has 0 radical (unpaired) electrons. The molecular formula is C30H47N5O2S. The molecule has 5 aliphatic rings. The van der Waals surface area contributed by atoms with Crippen LogP contribution >= 0.6 is 11.8 Å². The minimum Gasteiger partial charge on any atom is -0.390 e. The molecule has 8 heteroatoms. The van der Waals surface area contributed by atoms with Crippen LogP contribution in [0.2, 0.25) is 0 Å². The van der Waals surface area contributed by atoms with Gasteiger partial charge in [0.15, 0.2) is 5.78 Å². The van der Waals surface area contributed by atoms with Crippen molar-refractivity contribution in [3.8, 4) is 0 Å². The Labute approximate surface area is 232 Å². The number of Topliss-reactive ketones (excluding diaryl/α,β-unsaturated/α-hetero) is 1. The lowest BCUT2D eigenvalue weighted by molar-refractivity contribution is -0.204. The minimum absolute atomic E-state index is 0.00408. The molecule has 0 saturated heterocycles. The third kappa shape index (κ3) is 3.39. The van der Waals surface area contributed by atoms with Crippen LogP contribution < -0.4 is 27.4 Å². The van der Waals surface area contributed by atoms with Gasteiger partial charge in [0, 0.05) is 21.9 Å². The second kappa shape index (κ2) is 8.35. The van der Waals surface area contributed by atoms with E-state index >= 15 is 0 Å². The van der Waals surface area contributed by atoms with Gasteiger partial charge in [0.25, 0.3) is 0 Å². The molecule has 4 aliphatic carbocycles. The number of hydrogen-bond donors (Lipinski definition) is 5. The Kier molecular flexibility index (Phi) is 5.91. The Balaban J connectivity index is 1.25. The number of nitrogens with zero attached hydrogens (tertiary/aromatic N) is 1. The molecule has 38 heavy (non-hydrogen) atoms. The molecule has 4 fully saturated rings. The molecule has 4 saturated carbocycles. The van der Waals surface area contributed by atoms with Gasteiger partial charge in [-0.05, 0) is 111 Å². The van der Waals surface area contributed by atoms with Crippen molar-refractivity contribution in [2.45, 2.75) is 107 Å². The summed E-state index contributed by atoms with van der Waals surface area (Å²) in [6.07, 6.45) is 10.1. The predicted molar refractivity (Wildman–Crippen MR) is 155 cm³/mol. The van der Waals surface area contributed by atoms with Crippen LogP contribution in [0.3, 0.4) is 0 Å². The summed E-state index contributed by atoms with van der Waals surface area (Å²) in [6, 6.07) is 6.29. The lowest BCUT2D eigenvalue weighted by Crippen LogP contribution is -2.79. The maximum atomic E-state index is 14.0. The van der Waals surface area contributed by atoms with Crippen molar-refractivity contribution in [1.29, 1.82) is 0 Å². The van der Waals surface area contributed by atoms with Gasteiger partial charge in [-0.1, -0.05) is 20.8 Å². The van der Waals surface area contributed by atoms with Gasteiger partial charge >= 0.3 is 0 Å². The summed E-state index contributed by atoms with van der Waals surface area (Å²) in [5.74, 6) is 0.382. The Morgan fingerprint density at radius 1 is 1.05 bits per heavy atom. The molecule has 1 aromatic carbocycles. The van der Waals surface area contributed by atoms with Crippen LogP contribution in [0, 0.1) is 28.1 Å². The van der Waals surface area contributed by atoms with Gasteiger partial charge in [0.1, 0.15) is 0 Å². The number of carbonyl (C=O) groups excluding carboxylic acids is 1. The number of hydrazine groups is 2. The third-order valence-electron chi connectivity index (χ3n) is 12.8. The number of thioether (sulfide) groups is 1. The summed E-state index contributed by atoms with van der Waals surface area (Å²) in [4.78, 5) is 15.2. The molecule has 0 bridgehead atoms. The van der Waals surface area contributed by atoms with Crippen molar-refractivity contribution in [3.05, 3.63) is 18.2 Å². The fourth-order valence-corrected chi connectivity index (χ4v) is 10.6. The second-order valence-corrected chi connectivity index (χ2v) is 15.3. The van der Waals surface area contributed by atoms with Crippen molar-refractivity contribution in [3.63, 3.8) is 0 Å². The van der Waals surface area contributed by atoms with E-state index in [4.69, 9.17) is 11.5 Å². The highest BCUT2D eigenvalue weighted by molar-refractivity contribution is 7.98. The van der Waals surface area contributed by atoms with E-state index in [0.29, 0.717) is 6.54 Å². The first-order valence-electron chi connectivity index (χ1n) is 14.5. The first-order chi connectivity index (χ1) is 17.7. The number of fused-ring (bicyclic) bond motifs is 6. The maximum Gasteiger partial charge on any atom is 0.157 e. The molecule has 210 valence electrons. The fraction of sp³-hybridized carbons (Fsp3) is 0.767. The molecule has 0 amide bonds. The lowest BCUT2D eigenvalue weighted by atomic mass is 9.35. The normalized spacial score (nSPS) is 47.5. The number of anilines is 2. The van der Waals surface area contributed by atoms with Crippen LogP contribution in [0.1, 0.15) is 85.5 Å². The van der Waals surface area contributed by atoms with Crippen molar-refractivity contribution in [1.82, 2.24) is 5.53 Å². The molecule has 0 spiro atoms. The van der Waals surface area contributed by atoms with E-state index in [0.717, 1.165) is 69.2 Å². The molecule has 1 heterocycles. The smallest absolute Gasteiger partial charge is 0.157 e. The number of benzene rings is 1. The summed E-state index contributed by atoms with van der Waals surface area (Å²) in [5.41, 5.74) is 21.8. The Bertz CT molecular complexity index is 1160. The van der Waals surface area contributed by atoms with Crippen molar-refractivity contribution < 1.29 is 9.90 Å². The quantitative estimate of drug-likeness (QED) is 0.352. The van der Waals surface area contributed by atoms with Crippen LogP contribution in [-0.4, -0.2) is 40.4 Å². The highest BCUT2D eigenvalue weighted by Crippen LogP contribution is 2.72. The van der Waals surface area contributed by atoms with Gasteiger partial charge in [0.2, 0.25) is 0 Å². The molecule has 8 atom stereocenters. The number of rotatable bonds is 4. The first kappa shape index (κ1) is 26.9. The monoisotopic (exact) mass is 541 g/mol. The average Bonchev–Trinajstić information content (AvgIpc) is 3.37. The van der Waals surface area contributed by atoms with Crippen molar-refractivity contribution in [2.24, 2.45) is 39.5 Å². The van der Waals surface area contributed by atoms with Gasteiger partial charge in [-0.25, -0.2) is 0 Å². The van der Waals surface area contributed by atoms with E-state index in [-0.39, 0.29) is 39.4 Å². The molecule has 1 aromatic rings. The summed E-state index contributed by atoms with van der Waals surface area (Å²) in [7, 11) is 0. The van der Waals surface area contributed by atoms with Crippen LogP contribution in [-0.2, 0) is 4.79 Å². The first-order valence-corrected chi connectivity index (χ1v) is 15.7. The number of carbonyl (C=O) groups is 1. The summed E-state index contributed by atoms with van der Waals surface area (Å²) >= 11 is 1.71. The SMILES string of the molecule is CSc1ccc2c(c1)NNN2CC(=O)C1CCC2(N)C3CCC4(C)CC(C)(O)CCC4(C)C3(N)CCC12C. The Morgan fingerprint density at radius 3 is 2.55 bits per heavy atom. The van der Waals surface area contributed by atoms with Gasteiger partial charge in [-0.15, -0.1) is 17.3 Å². The summed E-state index contributed by atoms with van der Waals surface area (Å²) in [5, 5.41) is 12.9. The largest absolute Gasteiger partial charge is 0.390 e. The van der Waals surface area contributed by atoms with Gasteiger partial charge in [-0.3, -0.25) is 9.80 Å². The minimum atomic E-state index is -0.625. The molecule has 6 rings (SSSR count). The third-order valence-corrected chi connectivity index (χ3v) is 13.5. The molecule has 8 unspecified atom stereocenters. The van der Waals surface area contributed by atoms with Gasteiger partial charge in [0.05, 0.1) is 23.5 Å². The molecule has 7 N–H and O–H groups in total. The predicted octanol–water partition coefficient (Wildman–Crippen LogP) is 4.59. The highest BCUT2D eigenvalue weighted by Gasteiger charge is 2.73. The number of aliphatic hydroxyl groups is 1. The van der Waals surface area contributed by atoms with E-state index in [1.807, 2.05) is 11.9 Å². The van der Waals surface area contributed by atoms with E-state index in [1.165, 1.54) is 4.90 Å². The summed E-state index contributed by atoms with van der Waals surface area (Å²) in [6.45, 7) is 9.36. The average molecular weight is 542 g/mol. The lowest BCUT2D eigenvalue weighted by Gasteiger charge is -2.72. The molecule has 1 aliphatic heterocycles. The number of nitrogens with one attached hydrogen (secondary N) is 2. The zero-order chi connectivity index (χ0) is 27.4. The number of ketones is 1. The Hall–Kier alpha value is -1.32. The zero-order valence-corrected chi connectivity index (χ0v) is 24.6. The van der Waals surface area contributed by atoms with E-state index in [2.05, 4.69) is 56.2 Å². The van der Waals surface area contributed by atoms with Crippen molar-refractivity contribution >= 4 is 28.9 Å². The molecule has 7 nitrogen and oxygen atoms in total. The fourth-order valence-electron chi connectivity index (χ4n) is 10.2. The number of nitrogens with two attached hydrogens (primary N) is 2. The van der Waals surface area contributed by atoms with Crippen molar-refractivity contribution in [2.75, 3.05) is 23.2 Å².